The van der Waals surface area contributed by atoms with Gasteiger partial charge in [-0.2, -0.15) is 5.10 Å². The number of aryl methyl sites for hydroxylation is 4. The van der Waals surface area contributed by atoms with Gasteiger partial charge in [0.2, 0.25) is 0 Å². The zero-order chi connectivity index (χ0) is 24.4. The van der Waals surface area contributed by atoms with Crippen LogP contribution in [0.2, 0.25) is 0 Å². The number of fused-ring (bicyclic) bond motifs is 1. The van der Waals surface area contributed by atoms with E-state index >= 15 is 0 Å². The van der Waals surface area contributed by atoms with E-state index < -0.39 is 0 Å². The third kappa shape index (κ3) is 4.35. The Morgan fingerprint density at radius 1 is 0.912 bits per heavy atom. The van der Waals surface area contributed by atoms with E-state index in [-0.39, 0.29) is 0 Å². The molecule has 0 bridgehead atoms. The summed E-state index contributed by atoms with van der Waals surface area (Å²) in [6, 6.07) is 17.2. The number of anilines is 1. The van der Waals surface area contributed by atoms with Crippen molar-refractivity contribution in [3.05, 3.63) is 70.8 Å². The van der Waals surface area contributed by atoms with E-state index in [4.69, 9.17) is 14.6 Å². The van der Waals surface area contributed by atoms with Crippen molar-refractivity contribution < 1.29 is 9.47 Å². The molecule has 0 saturated heterocycles. The fraction of sp³-hybridized carbons (Fsp3) is 0.345. The van der Waals surface area contributed by atoms with E-state index in [1.807, 2.05) is 17.8 Å². The lowest BCUT2D eigenvalue weighted by atomic mass is 9.92. The van der Waals surface area contributed by atoms with E-state index in [0.29, 0.717) is 0 Å². The van der Waals surface area contributed by atoms with Gasteiger partial charge in [0.1, 0.15) is 11.3 Å². The minimum Gasteiger partial charge on any atom is -0.493 e. The molecule has 0 aliphatic heterocycles. The molecule has 1 heterocycles. The first-order chi connectivity index (χ1) is 16.4. The maximum Gasteiger partial charge on any atom is 0.161 e. The maximum atomic E-state index is 5.54. The van der Waals surface area contributed by atoms with Crippen molar-refractivity contribution in [3.63, 3.8) is 0 Å². The highest BCUT2D eigenvalue weighted by Gasteiger charge is 2.20. The molecule has 3 aromatic carbocycles. The van der Waals surface area contributed by atoms with Gasteiger partial charge >= 0.3 is 0 Å². The predicted molar refractivity (Wildman–Crippen MR) is 141 cm³/mol. The molecule has 0 aliphatic rings. The number of aromatic nitrogens is 2. The van der Waals surface area contributed by atoms with Crippen LogP contribution in [-0.2, 0) is 13.6 Å². The highest BCUT2D eigenvalue weighted by molar-refractivity contribution is 6.01. The van der Waals surface area contributed by atoms with Crippen LogP contribution >= 0.6 is 0 Å². The second-order valence-electron chi connectivity index (χ2n) is 9.03. The third-order valence-electron chi connectivity index (χ3n) is 6.39. The summed E-state index contributed by atoms with van der Waals surface area (Å²) in [6.07, 6.45) is 1.04. The minimum absolute atomic E-state index is 0.743. The van der Waals surface area contributed by atoms with E-state index in [1.54, 1.807) is 14.2 Å². The first-order valence-electron chi connectivity index (χ1n) is 11.9. The normalized spacial score (nSPS) is 11.1. The average Bonchev–Trinajstić information content (AvgIpc) is 3.14. The Hall–Kier alpha value is -3.47. The van der Waals surface area contributed by atoms with Gasteiger partial charge in [-0.15, -0.1) is 0 Å². The number of hydrogen-bond acceptors (Lipinski definition) is 4. The van der Waals surface area contributed by atoms with E-state index in [2.05, 4.69) is 75.1 Å². The Bertz CT molecular complexity index is 1300. The number of ether oxygens (including phenoxy) is 2. The Labute approximate surface area is 202 Å². The number of nitrogens with zero attached hydrogens (tertiary/aromatic N) is 3. The molecule has 5 nitrogen and oxygen atoms in total. The van der Waals surface area contributed by atoms with Crippen LogP contribution in [-0.4, -0.2) is 30.5 Å². The second kappa shape index (κ2) is 9.80. The molecule has 0 N–H and O–H groups in total. The van der Waals surface area contributed by atoms with E-state index in [0.717, 1.165) is 42.3 Å². The van der Waals surface area contributed by atoms with Crippen LogP contribution < -0.4 is 14.4 Å². The lowest BCUT2D eigenvalue weighted by Gasteiger charge is -2.25. The lowest BCUT2D eigenvalue weighted by Crippen LogP contribution is -2.26. The smallest absolute Gasteiger partial charge is 0.161 e. The molecular weight excluding hydrogens is 422 g/mol. The second-order valence-corrected chi connectivity index (χ2v) is 9.03. The van der Waals surface area contributed by atoms with Crippen LogP contribution in [0.15, 0.2) is 48.5 Å². The van der Waals surface area contributed by atoms with Gasteiger partial charge in [0.15, 0.2) is 11.5 Å². The Morgan fingerprint density at radius 3 is 2.26 bits per heavy atom. The molecular formula is C29H35N3O2. The van der Waals surface area contributed by atoms with Crippen LogP contribution in [0.3, 0.4) is 0 Å². The molecule has 0 amide bonds. The van der Waals surface area contributed by atoms with Gasteiger partial charge in [0.05, 0.1) is 14.2 Å². The summed E-state index contributed by atoms with van der Waals surface area (Å²) in [4.78, 5) is 2.41. The zero-order valence-electron chi connectivity index (χ0n) is 21.4. The van der Waals surface area contributed by atoms with Gasteiger partial charge < -0.3 is 14.4 Å². The molecule has 5 heteroatoms. The third-order valence-corrected chi connectivity index (χ3v) is 6.39. The maximum absolute atomic E-state index is 5.54. The van der Waals surface area contributed by atoms with E-state index in [9.17, 15) is 0 Å². The molecule has 0 aliphatic carbocycles. The molecule has 0 spiro atoms. The van der Waals surface area contributed by atoms with Gasteiger partial charge in [0.25, 0.3) is 0 Å². The molecule has 178 valence electrons. The molecule has 4 rings (SSSR count). The fourth-order valence-corrected chi connectivity index (χ4v) is 5.11. The quantitative estimate of drug-likeness (QED) is 0.299. The summed E-state index contributed by atoms with van der Waals surface area (Å²) in [5.74, 6) is 2.63. The number of hydrogen-bond donors (Lipinski definition) is 0. The molecule has 0 radical (unpaired) electrons. The fourth-order valence-electron chi connectivity index (χ4n) is 5.11. The molecule has 4 aromatic rings. The van der Waals surface area contributed by atoms with Crippen molar-refractivity contribution in [2.45, 2.75) is 40.7 Å². The first-order valence-corrected chi connectivity index (χ1v) is 11.9. The van der Waals surface area contributed by atoms with Crippen molar-refractivity contribution in [1.82, 2.24) is 9.78 Å². The predicted octanol–water partition coefficient (Wildman–Crippen LogP) is 6.60. The van der Waals surface area contributed by atoms with Crippen molar-refractivity contribution in [2.24, 2.45) is 7.05 Å². The summed E-state index contributed by atoms with van der Waals surface area (Å²) in [5, 5.41) is 6.20. The van der Waals surface area contributed by atoms with Crippen LogP contribution in [0, 0.1) is 20.8 Å². The first kappa shape index (κ1) is 23.7. The van der Waals surface area contributed by atoms with Crippen molar-refractivity contribution in [1.29, 1.82) is 0 Å². The lowest BCUT2D eigenvalue weighted by molar-refractivity contribution is 0.354. The highest BCUT2D eigenvalue weighted by atomic mass is 16.5. The topological polar surface area (TPSA) is 39.5 Å². The Morgan fingerprint density at radius 2 is 1.62 bits per heavy atom. The Kier molecular flexibility index (Phi) is 6.82. The van der Waals surface area contributed by atoms with Gasteiger partial charge in [-0.3, -0.25) is 4.68 Å². The zero-order valence-corrected chi connectivity index (χ0v) is 21.4. The molecule has 0 unspecified atom stereocenters. The summed E-state index contributed by atoms with van der Waals surface area (Å²) < 4.78 is 13.0. The van der Waals surface area contributed by atoms with Crippen molar-refractivity contribution in [3.8, 4) is 22.6 Å². The van der Waals surface area contributed by atoms with Crippen LogP contribution in [0.5, 0.6) is 11.5 Å². The molecule has 0 fully saturated rings. The van der Waals surface area contributed by atoms with Crippen LogP contribution in [0.4, 0.5) is 5.82 Å². The van der Waals surface area contributed by atoms with Crippen LogP contribution in [0.25, 0.3) is 22.0 Å². The van der Waals surface area contributed by atoms with Gasteiger partial charge in [-0.05, 0) is 67.6 Å². The van der Waals surface area contributed by atoms with Gasteiger partial charge in [0, 0.05) is 31.1 Å². The average molecular weight is 458 g/mol. The highest BCUT2D eigenvalue weighted by Crippen LogP contribution is 2.37. The number of rotatable bonds is 8. The van der Waals surface area contributed by atoms with Crippen molar-refractivity contribution >= 4 is 16.7 Å². The van der Waals surface area contributed by atoms with E-state index in [1.165, 1.54) is 38.8 Å². The SMILES string of the molecule is CCCN(Cc1ccc(OC)c(OC)c1)c1c2cccc(-c3c(C)cc(C)cc3C)c2nn1C. The molecule has 1 aromatic heterocycles. The van der Waals surface area contributed by atoms with Gasteiger partial charge in [-0.1, -0.05) is 42.8 Å². The molecule has 0 atom stereocenters. The van der Waals surface area contributed by atoms with Crippen LogP contribution in [0.1, 0.15) is 35.6 Å². The van der Waals surface area contributed by atoms with Crippen molar-refractivity contribution in [2.75, 3.05) is 25.7 Å². The largest absolute Gasteiger partial charge is 0.493 e. The van der Waals surface area contributed by atoms with Gasteiger partial charge in [-0.25, -0.2) is 0 Å². The summed E-state index contributed by atoms with van der Waals surface area (Å²) in [5.41, 5.74) is 8.54. The number of benzene rings is 3. The summed E-state index contributed by atoms with van der Waals surface area (Å²) in [7, 11) is 5.39. The number of methoxy groups -OCH3 is 2. The molecule has 0 saturated carbocycles. The summed E-state index contributed by atoms with van der Waals surface area (Å²) >= 11 is 0. The minimum atomic E-state index is 0.743. The summed E-state index contributed by atoms with van der Waals surface area (Å²) in [6.45, 7) is 10.4. The Balaban J connectivity index is 1.82. The monoisotopic (exact) mass is 457 g/mol. The molecule has 34 heavy (non-hydrogen) atoms. The standard InChI is InChI=1S/C29H35N3O2/c1-8-14-32(18-22-12-13-25(33-6)26(17-22)34-7)29-24-11-9-10-23(28(24)30-31(29)5)27-20(3)15-19(2)16-21(27)4/h9-13,15-17H,8,14,18H2,1-7H3.